The Bertz CT molecular complexity index is 4390. The van der Waals surface area contributed by atoms with Crippen LogP contribution in [0.5, 0.6) is 5.75 Å². The van der Waals surface area contributed by atoms with Gasteiger partial charge in [-0.25, -0.2) is 0 Å². The maximum absolute atomic E-state index is 11.6. The van der Waals surface area contributed by atoms with Crippen molar-refractivity contribution in [3.05, 3.63) is 240 Å². The molecule has 0 amide bonds. The molecule has 9 aromatic carbocycles. The van der Waals surface area contributed by atoms with Crippen molar-refractivity contribution in [1.82, 2.24) is 0 Å². The Kier molecular flexibility index (Phi) is 12.3. The number of allylic oxidation sites excluding steroid dienone is 3. The molecule has 0 radical (unpaired) electrons. The second-order valence-corrected chi connectivity index (χ2v) is 24.9. The van der Waals surface area contributed by atoms with Gasteiger partial charge in [0.2, 0.25) is 0 Å². The van der Waals surface area contributed by atoms with Gasteiger partial charge in [-0.2, -0.15) is 0 Å². The van der Waals surface area contributed by atoms with Crippen LogP contribution in [0.3, 0.4) is 0 Å². The van der Waals surface area contributed by atoms with Crippen LogP contribution in [-0.4, -0.2) is 18.5 Å². The van der Waals surface area contributed by atoms with E-state index in [-0.39, 0.29) is 23.4 Å². The summed E-state index contributed by atoms with van der Waals surface area (Å²) in [6.07, 6.45) is 14.4. The van der Waals surface area contributed by atoms with Gasteiger partial charge in [0.15, 0.2) is 0 Å². The minimum absolute atomic E-state index is 0.00418. The second kappa shape index (κ2) is 19.8. The van der Waals surface area contributed by atoms with Gasteiger partial charge in [-0.3, -0.25) is 0 Å². The summed E-state index contributed by atoms with van der Waals surface area (Å²) < 4.78 is 9.63. The normalized spacial score (nSPS) is 15.4. The van der Waals surface area contributed by atoms with Crippen molar-refractivity contribution in [3.63, 3.8) is 0 Å². The minimum Gasteiger partial charge on any atom is -0.507 e. The number of rotatable bonds is 10. The van der Waals surface area contributed by atoms with E-state index in [4.69, 9.17) is 10.8 Å². The summed E-state index contributed by atoms with van der Waals surface area (Å²) in [5.41, 5.74) is 21.9. The highest BCUT2D eigenvalue weighted by Gasteiger charge is 2.47. The fraction of sp³-hybridized carbons (Fsp3) is 0.173. The van der Waals surface area contributed by atoms with Crippen LogP contribution in [0.1, 0.15) is 88.1 Å². The number of nitrogens with zero attached hydrogens (tertiary/aromatic N) is 2. The van der Waals surface area contributed by atoms with Crippen LogP contribution in [0.4, 0.5) is 22.7 Å². The summed E-state index contributed by atoms with van der Waals surface area (Å²) in [5.74, 6) is 3.24. The van der Waals surface area contributed by atoms with E-state index < -0.39 is 0 Å². The first-order chi connectivity index (χ1) is 39.5. The smallest absolute Gasteiger partial charge is 0.339 e. The number of phenolic OH excluding ortho intramolecular Hbond substituents is 1. The molecule has 14 rings (SSSR count). The van der Waals surface area contributed by atoms with E-state index in [9.17, 15) is 5.11 Å². The molecule has 394 valence electrons. The number of thiophene rings is 1. The van der Waals surface area contributed by atoms with Gasteiger partial charge in [0.1, 0.15) is 16.9 Å². The highest BCUT2D eigenvalue weighted by molar-refractivity contribution is 7.31. The van der Waals surface area contributed by atoms with E-state index in [1.165, 1.54) is 70.5 Å². The Hall–Kier alpha value is -8.76. The lowest BCUT2D eigenvalue weighted by Gasteiger charge is -2.45. The number of para-hydroxylation sites is 1. The number of furan rings is 1. The van der Waals surface area contributed by atoms with Crippen molar-refractivity contribution in [2.75, 3.05) is 16.3 Å². The molecule has 2 aliphatic heterocycles. The predicted octanol–water partition coefficient (Wildman–Crippen LogP) is 19.4. The van der Waals surface area contributed by atoms with Gasteiger partial charge in [0.05, 0.1) is 5.69 Å². The lowest BCUT2D eigenvalue weighted by molar-refractivity contribution is 0.332. The Labute approximate surface area is 480 Å². The molecule has 11 aromatic rings. The topological polar surface area (TPSA) is 39.9 Å². The summed E-state index contributed by atoms with van der Waals surface area (Å²) in [4.78, 5) is 5.20. The zero-order valence-electron chi connectivity index (χ0n) is 46.7. The maximum Gasteiger partial charge on any atom is 0.339 e. The SMILES string of the molecule is C#C/C(=C\C1=C2CN(c3ccc(CCCC)cc3-c3ccccc3)c3c(sc4cc(-c5ccccc5)ccc34)B2N(c2ccc(-c3ccccc3)cc2)c2cc3oc4cc5c(cc4c3cc21)C(C)(C)CCC5(C)C)c1ccccc1O. The third kappa shape index (κ3) is 8.61. The zero-order valence-corrected chi connectivity index (χ0v) is 47.5. The highest BCUT2D eigenvalue weighted by atomic mass is 32.1. The number of aryl methyl sites for hydroxylation is 1. The number of hydrogen-bond donors (Lipinski definition) is 1. The summed E-state index contributed by atoms with van der Waals surface area (Å²) in [6, 6.07) is 72.6. The molecule has 0 unspecified atom stereocenters. The quantitative estimate of drug-likeness (QED) is 0.109. The van der Waals surface area contributed by atoms with E-state index >= 15 is 0 Å². The average Bonchev–Trinajstić information content (AvgIpc) is 4.25. The predicted molar refractivity (Wildman–Crippen MR) is 345 cm³/mol. The average molecular weight is 1070 g/mol. The molecule has 0 bridgehead atoms. The van der Waals surface area contributed by atoms with Gasteiger partial charge >= 0.3 is 6.85 Å². The summed E-state index contributed by atoms with van der Waals surface area (Å²) >= 11 is 1.89. The first kappa shape index (κ1) is 50.5. The number of fused-ring (bicyclic) bond motifs is 10. The Balaban J connectivity index is 1.10. The number of terminal acetylenes is 1. The monoisotopic (exact) mass is 1070 g/mol. The first-order valence-electron chi connectivity index (χ1n) is 28.7. The molecule has 81 heavy (non-hydrogen) atoms. The van der Waals surface area contributed by atoms with Gasteiger partial charge in [-0.05, 0) is 153 Å². The fourth-order valence-corrected chi connectivity index (χ4v) is 14.7. The molecule has 1 N–H and O–H groups in total. The van der Waals surface area contributed by atoms with Crippen molar-refractivity contribution in [3.8, 4) is 51.5 Å². The molecule has 4 nitrogen and oxygen atoms in total. The lowest BCUT2D eigenvalue weighted by atomic mass is 9.46. The molecule has 0 spiro atoms. The summed E-state index contributed by atoms with van der Waals surface area (Å²) in [6.45, 7) is 12.1. The van der Waals surface area contributed by atoms with Crippen molar-refractivity contribution >= 4 is 88.9 Å². The molecule has 4 heterocycles. The maximum atomic E-state index is 11.6. The van der Waals surface area contributed by atoms with Crippen LogP contribution in [0, 0.1) is 12.3 Å². The standard InChI is InChI=1S/C75H63BN2O2S/c1-7-9-21-48-30-37-66(58(40-48)53-26-17-12-18-27-53)77-47-65-59(41-49(8-2)56-28-19-20-29-68(56)79)60-43-61-62-44-63-64(75(5,6)39-38-74(63,3)4)45-69(62)80-70(61)46-67(60)78(55-34-31-52(32-35-55)50-22-13-10-14-23-50)76(65)73-72(77)57-36-33-54(42-71(57)81-73)51-24-15-11-16-25-51/h2,10-20,22-37,40-46,79H,7,9,21,38-39,47H2,1,3-6H3/b49-41+. The van der Waals surface area contributed by atoms with Gasteiger partial charge in [-0.15, -0.1) is 17.8 Å². The van der Waals surface area contributed by atoms with Crippen LogP contribution < -0.4 is 14.5 Å². The Morgan fingerprint density at radius 3 is 1.94 bits per heavy atom. The number of hydrogen-bond acceptors (Lipinski definition) is 5. The van der Waals surface area contributed by atoms with E-state index in [1.54, 1.807) is 6.07 Å². The third-order valence-electron chi connectivity index (χ3n) is 17.8. The Morgan fingerprint density at radius 2 is 1.25 bits per heavy atom. The molecular weight excluding hydrogens is 1000 g/mol. The number of benzene rings is 9. The lowest BCUT2D eigenvalue weighted by Crippen LogP contribution is -2.55. The minimum atomic E-state index is -0.279. The van der Waals surface area contributed by atoms with E-state index in [0.29, 0.717) is 17.7 Å². The zero-order chi connectivity index (χ0) is 55.1. The van der Waals surface area contributed by atoms with Crippen molar-refractivity contribution in [1.29, 1.82) is 0 Å². The van der Waals surface area contributed by atoms with Gasteiger partial charge in [-0.1, -0.05) is 186 Å². The van der Waals surface area contributed by atoms with E-state index in [2.05, 4.69) is 232 Å². The molecule has 3 aliphatic rings. The molecule has 0 saturated heterocycles. The number of aromatic hydroxyl groups is 1. The van der Waals surface area contributed by atoms with Crippen LogP contribution in [-0.2, 0) is 17.3 Å². The molecule has 0 atom stereocenters. The largest absolute Gasteiger partial charge is 0.507 e. The first-order valence-corrected chi connectivity index (χ1v) is 29.6. The fourth-order valence-electron chi connectivity index (χ4n) is 13.3. The molecule has 2 aromatic heterocycles. The number of anilines is 4. The van der Waals surface area contributed by atoms with Crippen LogP contribution >= 0.6 is 11.3 Å². The van der Waals surface area contributed by atoms with Crippen LogP contribution in [0.2, 0.25) is 0 Å². The van der Waals surface area contributed by atoms with Crippen LogP contribution in [0.25, 0.3) is 76.6 Å². The number of unbranched alkanes of at least 4 members (excludes halogenated alkanes) is 1. The van der Waals surface area contributed by atoms with Crippen molar-refractivity contribution < 1.29 is 9.52 Å². The van der Waals surface area contributed by atoms with E-state index in [0.717, 1.165) is 87.8 Å². The highest BCUT2D eigenvalue weighted by Crippen LogP contribution is 2.54. The molecule has 6 heteroatoms. The van der Waals surface area contributed by atoms with Crippen LogP contribution in [0.15, 0.2) is 216 Å². The van der Waals surface area contributed by atoms with Gasteiger partial charge in [0, 0.05) is 77.6 Å². The van der Waals surface area contributed by atoms with E-state index in [1.807, 2.05) is 29.5 Å². The Morgan fingerprint density at radius 1 is 0.630 bits per heavy atom. The molecular formula is C75H63BN2O2S. The third-order valence-corrected chi connectivity index (χ3v) is 19.0. The van der Waals surface area contributed by atoms with Crippen molar-refractivity contribution in [2.45, 2.75) is 77.6 Å². The molecule has 0 fully saturated rings. The van der Waals surface area contributed by atoms with Gasteiger partial charge < -0.3 is 19.2 Å². The summed E-state index contributed by atoms with van der Waals surface area (Å²) in [7, 11) is 0. The second-order valence-electron chi connectivity index (χ2n) is 23.8. The number of phenols is 1. The van der Waals surface area contributed by atoms with Crippen molar-refractivity contribution in [2.24, 2.45) is 0 Å². The molecule has 1 aliphatic carbocycles. The van der Waals surface area contributed by atoms with Gasteiger partial charge in [0.25, 0.3) is 0 Å². The summed E-state index contributed by atoms with van der Waals surface area (Å²) in [5, 5.41) is 15.0. The molecule has 0 saturated carbocycles.